The molecule has 3 amide bonds. The predicted molar refractivity (Wildman–Crippen MR) is 125 cm³/mol. The van der Waals surface area contributed by atoms with E-state index in [4.69, 9.17) is 0 Å². The molecule has 1 saturated heterocycles. The standard InChI is InChI=1S/C24H28FN3O5S/c1-4-24(14-13-21(29)27-23(24)31)16-7-9-17(10-8-16)26-22(30)19-15-18(11-12-20(19)25)34(32,33)28(5-2)6-3/h7-12,15H,4-6,13-14H2,1-3H3,(H,26,30)(H,27,29,31). The summed E-state index contributed by atoms with van der Waals surface area (Å²) in [6.07, 6.45) is 1.12. The molecule has 1 aliphatic heterocycles. The average molecular weight is 490 g/mol. The van der Waals surface area contributed by atoms with Crippen LogP contribution in [0.4, 0.5) is 10.1 Å². The zero-order valence-corrected chi connectivity index (χ0v) is 20.2. The van der Waals surface area contributed by atoms with Gasteiger partial charge in [-0.2, -0.15) is 4.31 Å². The summed E-state index contributed by atoms with van der Waals surface area (Å²) in [6, 6.07) is 9.67. The summed E-state index contributed by atoms with van der Waals surface area (Å²) in [5, 5.41) is 4.96. The summed E-state index contributed by atoms with van der Waals surface area (Å²) in [6.45, 7) is 5.75. The number of sulfonamides is 1. The maximum atomic E-state index is 14.4. The summed E-state index contributed by atoms with van der Waals surface area (Å²) in [4.78, 5) is 36.7. The minimum atomic E-state index is -3.86. The van der Waals surface area contributed by atoms with Crippen molar-refractivity contribution in [2.45, 2.75) is 50.3 Å². The van der Waals surface area contributed by atoms with Gasteiger partial charge in [-0.25, -0.2) is 12.8 Å². The Kier molecular flexibility index (Phi) is 7.52. The highest BCUT2D eigenvalue weighted by Gasteiger charge is 2.42. The monoisotopic (exact) mass is 489 g/mol. The molecule has 0 aliphatic carbocycles. The smallest absolute Gasteiger partial charge is 0.258 e. The van der Waals surface area contributed by atoms with Gasteiger partial charge in [-0.05, 0) is 48.7 Å². The highest BCUT2D eigenvalue weighted by Crippen LogP contribution is 2.36. The van der Waals surface area contributed by atoms with Crippen LogP contribution in [0.1, 0.15) is 56.0 Å². The molecule has 0 saturated carbocycles. The van der Waals surface area contributed by atoms with Gasteiger partial charge in [0.15, 0.2) is 0 Å². The molecule has 8 nitrogen and oxygen atoms in total. The van der Waals surface area contributed by atoms with E-state index in [1.807, 2.05) is 6.92 Å². The first kappa shape index (κ1) is 25.5. The molecule has 1 aliphatic rings. The van der Waals surface area contributed by atoms with Crippen LogP contribution in [0.3, 0.4) is 0 Å². The fourth-order valence-electron chi connectivity index (χ4n) is 4.19. The van der Waals surface area contributed by atoms with Crippen LogP contribution in [-0.2, 0) is 25.0 Å². The molecule has 1 fully saturated rings. The van der Waals surface area contributed by atoms with Crippen LogP contribution < -0.4 is 10.6 Å². The lowest BCUT2D eigenvalue weighted by Crippen LogP contribution is -2.51. The number of carbonyl (C=O) groups is 3. The molecule has 3 rings (SSSR count). The van der Waals surface area contributed by atoms with Crippen LogP contribution in [-0.4, -0.2) is 43.5 Å². The van der Waals surface area contributed by atoms with Gasteiger partial charge in [0.05, 0.1) is 15.9 Å². The van der Waals surface area contributed by atoms with E-state index in [1.54, 1.807) is 38.1 Å². The number of halogens is 1. The zero-order chi connectivity index (χ0) is 25.1. The van der Waals surface area contributed by atoms with Crippen LogP contribution >= 0.6 is 0 Å². The van der Waals surface area contributed by atoms with Crippen molar-refractivity contribution in [3.8, 4) is 0 Å². The van der Waals surface area contributed by atoms with Crippen molar-refractivity contribution < 1.29 is 27.2 Å². The number of imide groups is 1. The molecule has 34 heavy (non-hydrogen) atoms. The minimum Gasteiger partial charge on any atom is -0.322 e. The third-order valence-corrected chi connectivity index (χ3v) is 8.34. The maximum Gasteiger partial charge on any atom is 0.258 e. The van der Waals surface area contributed by atoms with Crippen LogP contribution in [0.5, 0.6) is 0 Å². The molecule has 0 aromatic heterocycles. The second kappa shape index (κ2) is 10.0. The molecule has 0 bridgehead atoms. The Morgan fingerprint density at radius 2 is 1.74 bits per heavy atom. The van der Waals surface area contributed by atoms with Gasteiger partial charge in [0, 0.05) is 25.2 Å². The molecular weight excluding hydrogens is 461 g/mol. The molecule has 0 radical (unpaired) electrons. The van der Waals surface area contributed by atoms with Crippen molar-refractivity contribution >= 4 is 33.4 Å². The number of amides is 3. The van der Waals surface area contributed by atoms with Crippen LogP contribution in [0.2, 0.25) is 0 Å². The van der Waals surface area contributed by atoms with Crippen molar-refractivity contribution in [1.82, 2.24) is 9.62 Å². The van der Waals surface area contributed by atoms with Crippen molar-refractivity contribution in [2.24, 2.45) is 0 Å². The largest absolute Gasteiger partial charge is 0.322 e. The third-order valence-electron chi connectivity index (χ3n) is 6.29. The highest BCUT2D eigenvalue weighted by atomic mass is 32.2. The minimum absolute atomic E-state index is 0.166. The first-order valence-electron chi connectivity index (χ1n) is 11.1. The van der Waals surface area contributed by atoms with E-state index in [9.17, 15) is 27.2 Å². The molecule has 2 aromatic carbocycles. The lowest BCUT2D eigenvalue weighted by atomic mass is 9.72. The highest BCUT2D eigenvalue weighted by molar-refractivity contribution is 7.89. The quantitative estimate of drug-likeness (QED) is 0.553. The molecule has 2 aromatic rings. The summed E-state index contributed by atoms with van der Waals surface area (Å²) in [5.41, 5.74) is -0.178. The van der Waals surface area contributed by atoms with E-state index < -0.39 is 32.7 Å². The Hall–Kier alpha value is -3.11. The molecule has 1 unspecified atom stereocenters. The lowest BCUT2D eigenvalue weighted by molar-refractivity contribution is -0.138. The summed E-state index contributed by atoms with van der Waals surface area (Å²) in [7, 11) is -3.86. The fourth-order valence-corrected chi connectivity index (χ4v) is 5.67. The van der Waals surface area contributed by atoms with Gasteiger partial charge in [0.25, 0.3) is 5.91 Å². The Labute approximate surface area is 198 Å². The number of rotatable bonds is 8. The molecule has 2 N–H and O–H groups in total. The van der Waals surface area contributed by atoms with E-state index in [0.717, 1.165) is 18.2 Å². The zero-order valence-electron chi connectivity index (χ0n) is 19.4. The van der Waals surface area contributed by atoms with Gasteiger partial charge in [0.1, 0.15) is 5.82 Å². The van der Waals surface area contributed by atoms with E-state index in [1.165, 1.54) is 4.31 Å². The van der Waals surface area contributed by atoms with Crippen LogP contribution in [0.25, 0.3) is 0 Å². The first-order chi connectivity index (χ1) is 16.1. The van der Waals surface area contributed by atoms with Crippen molar-refractivity contribution in [3.05, 3.63) is 59.4 Å². The molecule has 1 atom stereocenters. The van der Waals surface area contributed by atoms with Gasteiger partial charge >= 0.3 is 0 Å². The number of hydrogen-bond donors (Lipinski definition) is 2. The maximum absolute atomic E-state index is 14.4. The van der Waals surface area contributed by atoms with E-state index in [-0.39, 0.29) is 36.2 Å². The molecule has 1 heterocycles. The van der Waals surface area contributed by atoms with Crippen LogP contribution in [0, 0.1) is 5.82 Å². The summed E-state index contributed by atoms with van der Waals surface area (Å²) >= 11 is 0. The average Bonchev–Trinajstić information content (AvgIpc) is 2.81. The van der Waals surface area contributed by atoms with Crippen molar-refractivity contribution in [1.29, 1.82) is 0 Å². The number of piperidine rings is 1. The predicted octanol–water partition coefficient (Wildman–Crippen LogP) is 3.19. The van der Waals surface area contributed by atoms with E-state index >= 15 is 0 Å². The first-order valence-corrected chi connectivity index (χ1v) is 12.6. The number of nitrogens with one attached hydrogen (secondary N) is 2. The normalized spacial score (nSPS) is 18.6. The third kappa shape index (κ3) is 4.74. The number of hydrogen-bond acceptors (Lipinski definition) is 5. The topological polar surface area (TPSA) is 113 Å². The lowest BCUT2D eigenvalue weighted by Gasteiger charge is -2.35. The second-order valence-electron chi connectivity index (χ2n) is 8.08. The van der Waals surface area contributed by atoms with Gasteiger partial charge in [-0.3, -0.25) is 19.7 Å². The Morgan fingerprint density at radius 3 is 2.29 bits per heavy atom. The van der Waals surface area contributed by atoms with Gasteiger partial charge < -0.3 is 5.32 Å². The second-order valence-corrected chi connectivity index (χ2v) is 10.0. The SMILES string of the molecule is CCN(CC)S(=O)(=O)c1ccc(F)c(C(=O)Nc2ccc(C3(CC)CCC(=O)NC3=O)cc2)c1. The van der Waals surface area contributed by atoms with Gasteiger partial charge in [-0.15, -0.1) is 0 Å². The molecule has 182 valence electrons. The Bertz CT molecular complexity index is 1210. The van der Waals surface area contributed by atoms with E-state index in [0.29, 0.717) is 24.1 Å². The number of anilines is 1. The van der Waals surface area contributed by atoms with Crippen molar-refractivity contribution in [3.63, 3.8) is 0 Å². The number of nitrogens with zero attached hydrogens (tertiary/aromatic N) is 1. The number of benzene rings is 2. The summed E-state index contributed by atoms with van der Waals surface area (Å²) < 4.78 is 41.1. The van der Waals surface area contributed by atoms with Gasteiger partial charge in [-0.1, -0.05) is 32.9 Å². The molecular formula is C24H28FN3O5S. The summed E-state index contributed by atoms with van der Waals surface area (Å²) in [5.74, 6) is -2.30. The fraction of sp³-hybridized carbons (Fsp3) is 0.375. The van der Waals surface area contributed by atoms with E-state index in [2.05, 4.69) is 10.6 Å². The number of carbonyl (C=O) groups excluding carboxylic acids is 3. The molecule has 0 spiro atoms. The van der Waals surface area contributed by atoms with Crippen LogP contribution in [0.15, 0.2) is 47.4 Å². The van der Waals surface area contributed by atoms with Crippen molar-refractivity contribution in [2.75, 3.05) is 18.4 Å². The Balaban J connectivity index is 1.84. The Morgan fingerprint density at radius 1 is 1.09 bits per heavy atom. The van der Waals surface area contributed by atoms with Gasteiger partial charge in [0.2, 0.25) is 21.8 Å². The molecule has 10 heteroatoms.